The van der Waals surface area contributed by atoms with Crippen molar-refractivity contribution in [1.29, 1.82) is 0 Å². The first kappa shape index (κ1) is 17.6. The van der Waals surface area contributed by atoms with E-state index in [1.807, 2.05) is 0 Å². The largest absolute Gasteiger partial charge is 0.480 e. The minimum absolute atomic E-state index is 0.100. The first-order valence-corrected chi connectivity index (χ1v) is 7.52. The molecule has 0 saturated heterocycles. The van der Waals surface area contributed by atoms with Gasteiger partial charge in [-0.05, 0) is 20.4 Å². The molecule has 0 saturated carbocycles. The molecule has 0 aliphatic carbocycles. The lowest BCUT2D eigenvalue weighted by molar-refractivity contribution is -0.144. The van der Waals surface area contributed by atoms with Crippen LogP contribution >= 0.6 is 0 Å². The van der Waals surface area contributed by atoms with Gasteiger partial charge < -0.3 is 15.7 Å². The molecule has 112 valence electrons. The molecule has 0 heterocycles. The fourth-order valence-corrected chi connectivity index (χ4v) is 1.99. The quantitative estimate of drug-likeness (QED) is 0.479. The average Bonchev–Trinajstić information content (AvgIpc) is 2.28. The molecule has 0 aromatic carbocycles. The van der Waals surface area contributed by atoms with E-state index in [0.717, 1.165) is 0 Å². The Kier molecular flexibility index (Phi) is 6.77. The Morgan fingerprint density at radius 3 is 2.32 bits per heavy atom. The molecule has 19 heavy (non-hydrogen) atoms. The van der Waals surface area contributed by atoms with E-state index in [-0.39, 0.29) is 18.7 Å². The molecule has 0 spiro atoms. The molecule has 0 radical (unpaired) electrons. The number of hydrogen-bond acceptors (Lipinski definition) is 4. The standard InChI is InChI=1S/C10H21N3O5S/c1-4-5-10(2,8(14)15)13-9(16)12-6-7-19(17,18)11-3/h11H,4-7H2,1-3H3,(H,14,15)(H2,12,13,16). The molecule has 9 heteroatoms. The normalized spacial score (nSPS) is 14.5. The summed E-state index contributed by atoms with van der Waals surface area (Å²) in [5, 5.41) is 13.7. The Balaban J connectivity index is 4.34. The van der Waals surface area contributed by atoms with E-state index in [1.165, 1.54) is 14.0 Å². The summed E-state index contributed by atoms with van der Waals surface area (Å²) >= 11 is 0. The van der Waals surface area contributed by atoms with Crippen molar-refractivity contribution in [3.8, 4) is 0 Å². The second kappa shape index (κ2) is 7.29. The molecule has 0 aliphatic rings. The Morgan fingerprint density at radius 2 is 1.89 bits per heavy atom. The van der Waals surface area contributed by atoms with E-state index in [4.69, 9.17) is 5.11 Å². The number of sulfonamides is 1. The van der Waals surface area contributed by atoms with Gasteiger partial charge in [-0.25, -0.2) is 22.7 Å². The number of carboxylic acid groups (broad SMARTS) is 1. The van der Waals surface area contributed by atoms with Crippen LogP contribution in [-0.4, -0.2) is 50.4 Å². The van der Waals surface area contributed by atoms with Crippen molar-refractivity contribution in [1.82, 2.24) is 15.4 Å². The number of nitrogens with one attached hydrogen (secondary N) is 3. The molecule has 0 aliphatic heterocycles. The predicted molar refractivity (Wildman–Crippen MR) is 70.3 cm³/mol. The Bertz CT molecular complexity index is 423. The zero-order valence-electron chi connectivity index (χ0n) is 11.3. The van der Waals surface area contributed by atoms with Crippen molar-refractivity contribution in [2.75, 3.05) is 19.3 Å². The summed E-state index contributed by atoms with van der Waals surface area (Å²) in [7, 11) is -2.12. The van der Waals surface area contributed by atoms with Gasteiger partial charge in [-0.3, -0.25) is 0 Å². The SMILES string of the molecule is CCCC(C)(NC(=O)NCCS(=O)(=O)NC)C(=O)O. The highest BCUT2D eigenvalue weighted by atomic mass is 32.2. The number of hydrogen-bond donors (Lipinski definition) is 4. The third kappa shape index (κ3) is 6.39. The van der Waals surface area contributed by atoms with Gasteiger partial charge in [0.25, 0.3) is 0 Å². The molecular formula is C10H21N3O5S. The van der Waals surface area contributed by atoms with Gasteiger partial charge in [0.05, 0.1) is 5.75 Å². The first-order valence-electron chi connectivity index (χ1n) is 5.87. The van der Waals surface area contributed by atoms with Crippen molar-refractivity contribution in [3.05, 3.63) is 0 Å². The summed E-state index contributed by atoms with van der Waals surface area (Å²) in [5.41, 5.74) is -1.36. The van der Waals surface area contributed by atoms with E-state index in [0.29, 0.717) is 6.42 Å². The van der Waals surface area contributed by atoms with E-state index in [9.17, 15) is 18.0 Å². The van der Waals surface area contributed by atoms with Crippen molar-refractivity contribution in [3.63, 3.8) is 0 Å². The number of aliphatic carboxylic acids is 1. The zero-order chi connectivity index (χ0) is 15.1. The predicted octanol–water partition coefficient (Wildman–Crippen LogP) is -0.522. The van der Waals surface area contributed by atoms with Gasteiger partial charge in [0, 0.05) is 6.54 Å². The smallest absolute Gasteiger partial charge is 0.329 e. The summed E-state index contributed by atoms with van der Waals surface area (Å²) in [6, 6.07) is -0.704. The number of carbonyl (C=O) groups is 2. The van der Waals surface area contributed by atoms with Crippen LogP contribution < -0.4 is 15.4 Å². The van der Waals surface area contributed by atoms with Crippen molar-refractivity contribution >= 4 is 22.0 Å². The Labute approximate surface area is 113 Å². The number of urea groups is 1. The summed E-state index contributed by atoms with van der Waals surface area (Å²) in [4.78, 5) is 22.6. The maximum atomic E-state index is 11.5. The van der Waals surface area contributed by atoms with Gasteiger partial charge >= 0.3 is 12.0 Å². The minimum atomic E-state index is -3.39. The molecular weight excluding hydrogens is 274 g/mol. The second-order valence-corrected chi connectivity index (χ2v) is 6.34. The maximum absolute atomic E-state index is 11.5. The number of carbonyl (C=O) groups excluding carboxylic acids is 1. The van der Waals surface area contributed by atoms with Crippen LogP contribution in [0.25, 0.3) is 0 Å². The summed E-state index contributed by atoms with van der Waals surface area (Å²) < 4.78 is 24.3. The topological polar surface area (TPSA) is 125 Å². The fourth-order valence-electron chi connectivity index (χ4n) is 1.42. The van der Waals surface area contributed by atoms with Gasteiger partial charge in [-0.2, -0.15) is 0 Å². The van der Waals surface area contributed by atoms with E-state index < -0.39 is 27.6 Å². The molecule has 0 aromatic heterocycles. The van der Waals surface area contributed by atoms with Crippen LogP contribution in [0.3, 0.4) is 0 Å². The van der Waals surface area contributed by atoms with Crippen molar-refractivity contribution in [2.45, 2.75) is 32.2 Å². The summed E-state index contributed by atoms with van der Waals surface area (Å²) in [6.07, 6.45) is 0.877. The third-order valence-corrected chi connectivity index (χ3v) is 3.94. The van der Waals surface area contributed by atoms with Gasteiger partial charge in [-0.15, -0.1) is 0 Å². The van der Waals surface area contributed by atoms with Gasteiger partial charge in [0.1, 0.15) is 5.54 Å². The fraction of sp³-hybridized carbons (Fsp3) is 0.800. The molecule has 0 rings (SSSR count). The van der Waals surface area contributed by atoms with Crippen LogP contribution in [0.2, 0.25) is 0 Å². The lowest BCUT2D eigenvalue weighted by Gasteiger charge is -2.25. The molecule has 2 amide bonds. The lowest BCUT2D eigenvalue weighted by atomic mass is 9.97. The monoisotopic (exact) mass is 295 g/mol. The third-order valence-electron chi connectivity index (χ3n) is 2.58. The van der Waals surface area contributed by atoms with E-state index in [1.54, 1.807) is 6.92 Å². The van der Waals surface area contributed by atoms with Crippen LogP contribution in [0.1, 0.15) is 26.7 Å². The Hall–Kier alpha value is -1.35. The van der Waals surface area contributed by atoms with Crippen LogP contribution in [0, 0.1) is 0 Å². The molecule has 4 N–H and O–H groups in total. The van der Waals surface area contributed by atoms with Gasteiger partial charge in [0.15, 0.2) is 0 Å². The van der Waals surface area contributed by atoms with Crippen LogP contribution in [0.4, 0.5) is 4.79 Å². The lowest BCUT2D eigenvalue weighted by Crippen LogP contribution is -2.55. The van der Waals surface area contributed by atoms with Gasteiger partial charge in [-0.1, -0.05) is 13.3 Å². The van der Waals surface area contributed by atoms with Crippen molar-refractivity contribution < 1.29 is 23.1 Å². The highest BCUT2D eigenvalue weighted by molar-refractivity contribution is 7.89. The molecule has 0 bridgehead atoms. The average molecular weight is 295 g/mol. The number of amides is 2. The van der Waals surface area contributed by atoms with Crippen LogP contribution in [0.5, 0.6) is 0 Å². The number of carboxylic acids is 1. The molecule has 8 nitrogen and oxygen atoms in total. The van der Waals surface area contributed by atoms with Crippen LogP contribution in [-0.2, 0) is 14.8 Å². The number of rotatable bonds is 8. The zero-order valence-corrected chi connectivity index (χ0v) is 12.1. The summed E-state index contributed by atoms with van der Waals surface area (Å²) in [5.74, 6) is -1.40. The van der Waals surface area contributed by atoms with E-state index >= 15 is 0 Å². The van der Waals surface area contributed by atoms with E-state index in [2.05, 4.69) is 15.4 Å². The minimum Gasteiger partial charge on any atom is -0.480 e. The highest BCUT2D eigenvalue weighted by Crippen LogP contribution is 2.12. The molecule has 1 atom stereocenters. The van der Waals surface area contributed by atoms with Crippen LogP contribution in [0.15, 0.2) is 0 Å². The second-order valence-electron chi connectivity index (χ2n) is 4.29. The Morgan fingerprint density at radius 1 is 1.32 bits per heavy atom. The van der Waals surface area contributed by atoms with Gasteiger partial charge in [0.2, 0.25) is 10.0 Å². The maximum Gasteiger partial charge on any atom is 0.329 e. The summed E-state index contributed by atoms with van der Waals surface area (Å²) in [6.45, 7) is 3.11. The molecule has 0 fully saturated rings. The first-order chi connectivity index (χ1) is 8.67. The van der Waals surface area contributed by atoms with Crippen molar-refractivity contribution in [2.24, 2.45) is 0 Å². The molecule has 0 aromatic rings. The molecule has 1 unspecified atom stereocenters. The highest BCUT2D eigenvalue weighted by Gasteiger charge is 2.33.